The summed E-state index contributed by atoms with van der Waals surface area (Å²) >= 11 is 0. The first-order valence-electron chi connectivity index (χ1n) is 9.48. The Hall–Kier alpha value is -3.47. The quantitative estimate of drug-likeness (QED) is 0.559. The summed E-state index contributed by atoms with van der Waals surface area (Å²) < 4.78 is 1.63. The molecule has 1 N–H and O–H groups in total. The van der Waals surface area contributed by atoms with Gasteiger partial charge in [0.25, 0.3) is 5.91 Å². The summed E-state index contributed by atoms with van der Waals surface area (Å²) in [5, 5.41) is 7.70. The van der Waals surface area contributed by atoms with Gasteiger partial charge in [-0.25, -0.2) is 9.50 Å². The zero-order valence-electron chi connectivity index (χ0n) is 16.0. The molecular weight excluding hydrogens is 348 g/mol. The highest BCUT2D eigenvalue weighted by Crippen LogP contribution is 2.24. The molecule has 0 aliphatic heterocycles. The molecule has 0 aliphatic rings. The lowest BCUT2D eigenvalue weighted by molar-refractivity contribution is 0.0931. The van der Waals surface area contributed by atoms with E-state index in [0.717, 1.165) is 28.9 Å². The van der Waals surface area contributed by atoms with E-state index in [0.29, 0.717) is 11.3 Å². The molecule has 0 unspecified atom stereocenters. The molecule has 0 aliphatic carbocycles. The van der Waals surface area contributed by atoms with E-state index >= 15 is 0 Å². The van der Waals surface area contributed by atoms with Gasteiger partial charge in [-0.3, -0.25) is 4.79 Å². The molecule has 0 radical (unpaired) electrons. The normalized spacial score (nSPS) is 12.1. The van der Waals surface area contributed by atoms with Crippen LogP contribution in [0.3, 0.4) is 0 Å². The van der Waals surface area contributed by atoms with Crippen molar-refractivity contribution in [3.05, 3.63) is 78.5 Å². The van der Waals surface area contributed by atoms with Gasteiger partial charge >= 0.3 is 0 Å². The minimum Gasteiger partial charge on any atom is -0.348 e. The molecule has 0 fully saturated rings. The molecule has 0 bridgehead atoms. The van der Waals surface area contributed by atoms with Gasteiger partial charge in [0.1, 0.15) is 5.69 Å². The number of nitrogens with one attached hydrogen (secondary N) is 1. The summed E-state index contributed by atoms with van der Waals surface area (Å²) in [4.78, 5) is 17.7. The molecule has 2 heterocycles. The van der Waals surface area contributed by atoms with Gasteiger partial charge in [0.15, 0.2) is 5.65 Å². The highest BCUT2D eigenvalue weighted by Gasteiger charge is 2.18. The fraction of sp³-hybridized carbons (Fsp3) is 0.174. The van der Waals surface area contributed by atoms with Crippen molar-refractivity contribution in [3.63, 3.8) is 0 Å². The Kier molecular flexibility index (Phi) is 4.89. The Morgan fingerprint density at radius 2 is 1.57 bits per heavy atom. The van der Waals surface area contributed by atoms with E-state index in [4.69, 9.17) is 4.98 Å². The van der Waals surface area contributed by atoms with E-state index in [1.54, 1.807) is 4.52 Å². The van der Waals surface area contributed by atoms with Crippen molar-refractivity contribution >= 4 is 11.6 Å². The third kappa shape index (κ3) is 3.51. The zero-order chi connectivity index (χ0) is 19.5. The molecule has 1 atom stereocenters. The molecule has 0 spiro atoms. The Balaban J connectivity index is 1.88. The standard InChI is InChI=1S/C23H22N4O/c1-3-16(2)24-23(28)21-14-19(17-10-6-4-7-11-17)25-22-15-20(26-27(21)22)18-12-8-5-9-13-18/h4-16H,3H2,1-2H3,(H,24,28)/t16-/m0/s1. The second-order valence-corrected chi connectivity index (χ2v) is 6.84. The van der Waals surface area contributed by atoms with Crippen molar-refractivity contribution in [2.75, 3.05) is 0 Å². The van der Waals surface area contributed by atoms with Crippen LogP contribution in [0.2, 0.25) is 0 Å². The molecule has 4 rings (SSSR count). The highest BCUT2D eigenvalue weighted by atomic mass is 16.2. The first kappa shape index (κ1) is 17.9. The molecule has 140 valence electrons. The molecular formula is C23H22N4O. The van der Waals surface area contributed by atoms with Gasteiger partial charge in [-0.2, -0.15) is 5.10 Å². The molecule has 28 heavy (non-hydrogen) atoms. The topological polar surface area (TPSA) is 59.3 Å². The van der Waals surface area contributed by atoms with Crippen LogP contribution >= 0.6 is 0 Å². The number of benzene rings is 2. The number of rotatable bonds is 5. The van der Waals surface area contributed by atoms with Gasteiger partial charge in [-0.15, -0.1) is 0 Å². The zero-order valence-corrected chi connectivity index (χ0v) is 16.0. The molecule has 5 nitrogen and oxygen atoms in total. The Morgan fingerprint density at radius 1 is 0.964 bits per heavy atom. The first-order valence-corrected chi connectivity index (χ1v) is 9.48. The molecule has 5 heteroatoms. The summed E-state index contributed by atoms with van der Waals surface area (Å²) in [6.45, 7) is 4.04. The van der Waals surface area contributed by atoms with Crippen LogP contribution in [0.25, 0.3) is 28.2 Å². The van der Waals surface area contributed by atoms with E-state index in [1.165, 1.54) is 0 Å². The minimum absolute atomic E-state index is 0.0834. The van der Waals surface area contributed by atoms with Crippen molar-refractivity contribution in [1.29, 1.82) is 0 Å². The smallest absolute Gasteiger partial charge is 0.270 e. The Morgan fingerprint density at radius 3 is 2.18 bits per heavy atom. The maximum atomic E-state index is 13.0. The second-order valence-electron chi connectivity index (χ2n) is 6.84. The number of nitrogens with zero attached hydrogens (tertiary/aromatic N) is 3. The van der Waals surface area contributed by atoms with Gasteiger partial charge in [0, 0.05) is 23.2 Å². The largest absolute Gasteiger partial charge is 0.348 e. The number of carbonyl (C=O) groups is 1. The highest BCUT2D eigenvalue weighted by molar-refractivity contribution is 5.94. The van der Waals surface area contributed by atoms with Crippen LogP contribution < -0.4 is 5.32 Å². The summed E-state index contributed by atoms with van der Waals surface area (Å²) in [6.07, 6.45) is 0.861. The van der Waals surface area contributed by atoms with Crippen molar-refractivity contribution in [2.45, 2.75) is 26.3 Å². The first-order chi connectivity index (χ1) is 13.7. The predicted molar refractivity (Wildman–Crippen MR) is 111 cm³/mol. The van der Waals surface area contributed by atoms with E-state index in [-0.39, 0.29) is 11.9 Å². The average molecular weight is 370 g/mol. The van der Waals surface area contributed by atoms with Crippen LogP contribution in [0.1, 0.15) is 30.8 Å². The van der Waals surface area contributed by atoms with Crippen LogP contribution in [-0.4, -0.2) is 26.5 Å². The summed E-state index contributed by atoms with van der Waals surface area (Å²) in [5.41, 5.74) is 4.62. The number of fused-ring (bicyclic) bond motifs is 1. The second kappa shape index (κ2) is 7.64. The molecule has 4 aromatic rings. The van der Waals surface area contributed by atoms with Crippen molar-refractivity contribution in [2.24, 2.45) is 0 Å². The van der Waals surface area contributed by atoms with Gasteiger partial charge in [0.05, 0.1) is 11.4 Å². The molecule has 0 saturated carbocycles. The van der Waals surface area contributed by atoms with Crippen LogP contribution in [0.5, 0.6) is 0 Å². The molecule has 2 aromatic carbocycles. The number of hydrogen-bond acceptors (Lipinski definition) is 3. The Bertz CT molecular complexity index is 1100. The lowest BCUT2D eigenvalue weighted by atomic mass is 10.1. The van der Waals surface area contributed by atoms with Crippen LogP contribution in [0.4, 0.5) is 0 Å². The maximum absolute atomic E-state index is 13.0. The third-order valence-electron chi connectivity index (χ3n) is 4.79. The Labute approximate surface area is 164 Å². The minimum atomic E-state index is -0.151. The fourth-order valence-electron chi connectivity index (χ4n) is 3.04. The predicted octanol–water partition coefficient (Wildman–Crippen LogP) is 4.59. The number of carbonyl (C=O) groups excluding carboxylic acids is 1. The molecule has 0 saturated heterocycles. The van der Waals surface area contributed by atoms with Gasteiger partial charge in [-0.1, -0.05) is 67.6 Å². The molecule has 2 aromatic heterocycles. The van der Waals surface area contributed by atoms with Gasteiger partial charge < -0.3 is 5.32 Å². The number of aromatic nitrogens is 3. The van der Waals surface area contributed by atoms with Crippen LogP contribution in [-0.2, 0) is 0 Å². The lowest BCUT2D eigenvalue weighted by Crippen LogP contribution is -2.33. The third-order valence-corrected chi connectivity index (χ3v) is 4.79. The van der Waals surface area contributed by atoms with Crippen molar-refractivity contribution in [3.8, 4) is 22.5 Å². The monoisotopic (exact) mass is 370 g/mol. The van der Waals surface area contributed by atoms with Crippen LogP contribution in [0.15, 0.2) is 72.8 Å². The van der Waals surface area contributed by atoms with E-state index in [9.17, 15) is 4.79 Å². The summed E-state index contributed by atoms with van der Waals surface area (Å²) in [5.74, 6) is -0.151. The van der Waals surface area contributed by atoms with Crippen molar-refractivity contribution < 1.29 is 4.79 Å². The van der Waals surface area contributed by atoms with E-state index in [1.807, 2.05) is 86.6 Å². The summed E-state index contributed by atoms with van der Waals surface area (Å²) in [7, 11) is 0. The van der Waals surface area contributed by atoms with E-state index in [2.05, 4.69) is 10.4 Å². The number of hydrogen-bond donors (Lipinski definition) is 1. The fourth-order valence-corrected chi connectivity index (χ4v) is 3.04. The summed E-state index contributed by atoms with van der Waals surface area (Å²) in [6, 6.07) is 23.6. The van der Waals surface area contributed by atoms with Gasteiger partial charge in [0.2, 0.25) is 0 Å². The lowest BCUT2D eigenvalue weighted by Gasteiger charge is -2.13. The van der Waals surface area contributed by atoms with Gasteiger partial charge in [-0.05, 0) is 19.4 Å². The number of amides is 1. The van der Waals surface area contributed by atoms with Crippen LogP contribution in [0, 0.1) is 0 Å². The van der Waals surface area contributed by atoms with Crippen molar-refractivity contribution in [1.82, 2.24) is 19.9 Å². The molecule has 1 amide bonds. The van der Waals surface area contributed by atoms with E-state index < -0.39 is 0 Å². The average Bonchev–Trinajstić information content (AvgIpc) is 3.18. The maximum Gasteiger partial charge on any atom is 0.270 e. The SMILES string of the molecule is CC[C@H](C)NC(=O)c1cc(-c2ccccc2)nc2cc(-c3ccccc3)nn12.